The number of esters is 1. The van der Waals surface area contributed by atoms with Crippen LogP contribution in [0.15, 0.2) is 0 Å². The zero-order chi connectivity index (χ0) is 14.7. The molecule has 3 rings (SSSR count). The number of piperidine rings is 1. The van der Waals surface area contributed by atoms with E-state index in [1.165, 1.54) is 58.3 Å². The first-order chi connectivity index (χ1) is 10.2. The first kappa shape index (κ1) is 15.3. The first-order valence-electron chi connectivity index (χ1n) is 8.87. The van der Waals surface area contributed by atoms with Crippen molar-refractivity contribution in [3.63, 3.8) is 0 Å². The van der Waals surface area contributed by atoms with Crippen molar-refractivity contribution < 1.29 is 9.53 Å². The van der Waals surface area contributed by atoms with Crippen LogP contribution in [0.4, 0.5) is 0 Å². The number of fused-ring (bicyclic) bond motifs is 2. The lowest BCUT2D eigenvalue weighted by molar-refractivity contribution is -0.149. The van der Waals surface area contributed by atoms with E-state index in [-0.39, 0.29) is 11.5 Å². The van der Waals surface area contributed by atoms with Crippen molar-refractivity contribution in [1.29, 1.82) is 0 Å². The number of carbonyl (C=O) groups excluding carboxylic acids is 1. The zero-order valence-corrected chi connectivity index (χ0v) is 13.5. The van der Waals surface area contributed by atoms with Gasteiger partial charge in [0.15, 0.2) is 0 Å². The number of ether oxygens (including phenoxy) is 1. The van der Waals surface area contributed by atoms with Crippen molar-refractivity contribution in [3.8, 4) is 0 Å². The van der Waals surface area contributed by atoms with Gasteiger partial charge in [-0.3, -0.25) is 9.69 Å². The Morgan fingerprint density at radius 3 is 2.62 bits per heavy atom. The van der Waals surface area contributed by atoms with Gasteiger partial charge in [0, 0.05) is 12.1 Å². The molecule has 3 atom stereocenters. The zero-order valence-electron chi connectivity index (χ0n) is 13.5. The summed E-state index contributed by atoms with van der Waals surface area (Å²) < 4.78 is 5.32. The first-order valence-corrected chi connectivity index (χ1v) is 8.87. The minimum atomic E-state index is 0.0158. The molecule has 4 heteroatoms. The molecular weight excluding hydrogens is 264 g/mol. The van der Waals surface area contributed by atoms with E-state index < -0.39 is 0 Å². The Morgan fingerprint density at radius 1 is 1.14 bits per heavy atom. The van der Waals surface area contributed by atoms with Crippen LogP contribution in [-0.2, 0) is 9.53 Å². The number of carbonyl (C=O) groups is 1. The van der Waals surface area contributed by atoms with Gasteiger partial charge in [-0.05, 0) is 64.7 Å². The molecule has 120 valence electrons. The van der Waals surface area contributed by atoms with Crippen LogP contribution in [0.1, 0.15) is 51.9 Å². The Bertz CT molecular complexity index is 366. The predicted molar refractivity (Wildman–Crippen MR) is 83.2 cm³/mol. The second-order valence-electron chi connectivity index (χ2n) is 7.02. The molecule has 3 unspecified atom stereocenters. The van der Waals surface area contributed by atoms with Crippen molar-refractivity contribution >= 4 is 5.97 Å². The Hall–Kier alpha value is -0.610. The molecule has 3 fully saturated rings. The van der Waals surface area contributed by atoms with E-state index >= 15 is 0 Å². The van der Waals surface area contributed by atoms with E-state index in [1.807, 2.05) is 6.92 Å². The van der Waals surface area contributed by atoms with Gasteiger partial charge in [0.05, 0.1) is 13.0 Å². The van der Waals surface area contributed by atoms with Crippen LogP contribution in [0, 0.1) is 5.92 Å². The summed E-state index contributed by atoms with van der Waals surface area (Å²) in [4.78, 5) is 17.5. The molecule has 0 aromatic heterocycles. The number of hydrogen-bond acceptors (Lipinski definition) is 4. The third-order valence-electron chi connectivity index (χ3n) is 5.88. The second kappa shape index (κ2) is 6.66. The maximum absolute atomic E-state index is 12.3. The molecule has 3 heterocycles. The maximum atomic E-state index is 12.3. The highest BCUT2D eigenvalue weighted by molar-refractivity contribution is 5.71. The van der Waals surface area contributed by atoms with E-state index in [0.717, 1.165) is 13.0 Å². The lowest BCUT2D eigenvalue weighted by Gasteiger charge is -2.50. The van der Waals surface area contributed by atoms with Gasteiger partial charge in [0.2, 0.25) is 0 Å². The SMILES string of the molecule is CCOC(=O)CC1(N2CCCCCC2)CCN2CCC1C2. The summed E-state index contributed by atoms with van der Waals surface area (Å²) in [6, 6.07) is 0. The molecular formula is C17H30N2O2. The lowest BCUT2D eigenvalue weighted by Crippen LogP contribution is -2.59. The molecule has 3 aliphatic rings. The van der Waals surface area contributed by atoms with Gasteiger partial charge in [-0.25, -0.2) is 0 Å². The van der Waals surface area contributed by atoms with Gasteiger partial charge in [-0.2, -0.15) is 0 Å². The fraction of sp³-hybridized carbons (Fsp3) is 0.941. The molecule has 4 nitrogen and oxygen atoms in total. The molecule has 3 aliphatic heterocycles. The number of rotatable bonds is 4. The van der Waals surface area contributed by atoms with Gasteiger partial charge < -0.3 is 9.64 Å². The predicted octanol–water partition coefficient (Wildman–Crippen LogP) is 2.28. The van der Waals surface area contributed by atoms with Gasteiger partial charge in [-0.1, -0.05) is 12.8 Å². The van der Waals surface area contributed by atoms with Crippen molar-refractivity contribution in [2.45, 2.75) is 57.4 Å². The number of nitrogens with zero attached hydrogens (tertiary/aromatic N) is 2. The Balaban J connectivity index is 1.80. The molecule has 0 radical (unpaired) electrons. The van der Waals surface area contributed by atoms with E-state index in [4.69, 9.17) is 4.74 Å². The van der Waals surface area contributed by atoms with Crippen LogP contribution in [0.3, 0.4) is 0 Å². The number of hydrogen-bond donors (Lipinski definition) is 0. The highest BCUT2D eigenvalue weighted by atomic mass is 16.5. The molecule has 21 heavy (non-hydrogen) atoms. The molecule has 0 aromatic rings. The summed E-state index contributed by atoms with van der Waals surface area (Å²) in [5.41, 5.74) is 0.0869. The quantitative estimate of drug-likeness (QED) is 0.745. The van der Waals surface area contributed by atoms with E-state index in [2.05, 4.69) is 9.80 Å². The van der Waals surface area contributed by atoms with Crippen LogP contribution in [0.25, 0.3) is 0 Å². The Labute approximate surface area is 128 Å². The molecule has 3 saturated heterocycles. The topological polar surface area (TPSA) is 32.8 Å². The van der Waals surface area contributed by atoms with Crippen LogP contribution in [-0.4, -0.2) is 60.6 Å². The third-order valence-corrected chi connectivity index (χ3v) is 5.88. The fourth-order valence-electron chi connectivity index (χ4n) is 4.77. The summed E-state index contributed by atoms with van der Waals surface area (Å²) in [7, 11) is 0. The minimum absolute atomic E-state index is 0.0158. The van der Waals surface area contributed by atoms with E-state index in [1.54, 1.807) is 0 Å². The van der Waals surface area contributed by atoms with Crippen LogP contribution in [0.5, 0.6) is 0 Å². The summed E-state index contributed by atoms with van der Waals surface area (Å²) >= 11 is 0. The monoisotopic (exact) mass is 294 g/mol. The Morgan fingerprint density at radius 2 is 1.90 bits per heavy atom. The summed E-state index contributed by atoms with van der Waals surface area (Å²) in [6.07, 6.45) is 8.30. The van der Waals surface area contributed by atoms with E-state index in [0.29, 0.717) is 18.9 Å². The second-order valence-corrected chi connectivity index (χ2v) is 7.02. The standard InChI is InChI=1S/C17H30N2O2/c1-2-21-16(20)13-17(19-9-5-3-4-6-10-19)8-12-18-11-7-15(17)14-18/h15H,2-14H2,1H3. The van der Waals surface area contributed by atoms with Crippen LogP contribution >= 0.6 is 0 Å². The average Bonchev–Trinajstić information content (AvgIpc) is 2.70. The van der Waals surface area contributed by atoms with Crippen molar-refractivity contribution in [2.24, 2.45) is 5.92 Å². The fourth-order valence-corrected chi connectivity index (χ4v) is 4.77. The van der Waals surface area contributed by atoms with Gasteiger partial charge in [-0.15, -0.1) is 0 Å². The van der Waals surface area contributed by atoms with Crippen LogP contribution < -0.4 is 0 Å². The average molecular weight is 294 g/mol. The molecule has 0 saturated carbocycles. The summed E-state index contributed by atoms with van der Waals surface area (Å²) in [5, 5.41) is 0. The molecule has 0 N–H and O–H groups in total. The minimum Gasteiger partial charge on any atom is -0.466 e. The highest BCUT2D eigenvalue weighted by Crippen LogP contribution is 2.43. The van der Waals surface area contributed by atoms with Gasteiger partial charge in [0.1, 0.15) is 0 Å². The molecule has 2 bridgehead atoms. The smallest absolute Gasteiger partial charge is 0.307 e. The molecule has 0 spiro atoms. The molecule has 0 amide bonds. The van der Waals surface area contributed by atoms with Gasteiger partial charge >= 0.3 is 5.97 Å². The largest absolute Gasteiger partial charge is 0.466 e. The highest BCUT2D eigenvalue weighted by Gasteiger charge is 2.50. The van der Waals surface area contributed by atoms with Gasteiger partial charge in [0.25, 0.3) is 0 Å². The Kier molecular flexibility index (Phi) is 4.85. The number of likely N-dealkylation sites (tertiary alicyclic amines) is 1. The lowest BCUT2D eigenvalue weighted by atomic mass is 9.74. The third kappa shape index (κ3) is 3.11. The van der Waals surface area contributed by atoms with Crippen LogP contribution in [0.2, 0.25) is 0 Å². The summed E-state index contributed by atoms with van der Waals surface area (Å²) in [6.45, 7) is 8.34. The molecule has 0 aliphatic carbocycles. The van der Waals surface area contributed by atoms with E-state index in [9.17, 15) is 4.79 Å². The maximum Gasteiger partial charge on any atom is 0.307 e. The normalized spacial score (nSPS) is 37.2. The molecule has 0 aromatic carbocycles. The van der Waals surface area contributed by atoms with Crippen molar-refractivity contribution in [3.05, 3.63) is 0 Å². The van der Waals surface area contributed by atoms with Crippen molar-refractivity contribution in [2.75, 3.05) is 39.3 Å². The van der Waals surface area contributed by atoms with Crippen molar-refractivity contribution in [1.82, 2.24) is 9.80 Å². The summed E-state index contributed by atoms with van der Waals surface area (Å²) in [5.74, 6) is 0.677.